The molecule has 2 heterocycles. The van der Waals surface area contributed by atoms with Crippen LogP contribution in [0.1, 0.15) is 31.7 Å². The van der Waals surface area contributed by atoms with E-state index in [2.05, 4.69) is 9.88 Å². The molecule has 1 N–H and O–H groups in total. The molecule has 0 amide bonds. The number of nitrogens with zero attached hydrogens (tertiary/aromatic N) is 2. The number of rotatable bonds is 3. The number of carboxylic acids is 1. The predicted octanol–water partition coefficient (Wildman–Crippen LogP) is 1.91. The molecule has 1 aliphatic heterocycles. The quantitative estimate of drug-likeness (QED) is 0.868. The van der Waals surface area contributed by atoms with Crippen LogP contribution >= 0.6 is 0 Å². The molecular weight excluding hydrogens is 216 g/mol. The van der Waals surface area contributed by atoms with Crippen LogP contribution < -0.4 is 0 Å². The molecule has 1 aliphatic rings. The highest BCUT2D eigenvalue weighted by Crippen LogP contribution is 2.29. The first-order valence-electron chi connectivity index (χ1n) is 6.00. The lowest BCUT2D eigenvalue weighted by atomic mass is 9.88. The second-order valence-electron chi connectivity index (χ2n) is 4.81. The molecule has 1 saturated heterocycles. The maximum Gasteiger partial charge on any atom is 0.323 e. The van der Waals surface area contributed by atoms with Gasteiger partial charge in [0.2, 0.25) is 0 Å². The molecule has 0 spiro atoms. The minimum Gasteiger partial charge on any atom is -0.480 e. The van der Waals surface area contributed by atoms with Gasteiger partial charge in [0.15, 0.2) is 0 Å². The highest BCUT2D eigenvalue weighted by atomic mass is 16.4. The topological polar surface area (TPSA) is 53.4 Å². The normalized spacial score (nSPS) is 25.7. The maximum atomic E-state index is 11.4. The molecule has 4 nitrogen and oxygen atoms in total. The van der Waals surface area contributed by atoms with E-state index in [1.807, 2.05) is 19.1 Å². The number of piperidine rings is 1. The van der Waals surface area contributed by atoms with Crippen molar-refractivity contribution in [1.29, 1.82) is 0 Å². The van der Waals surface area contributed by atoms with E-state index in [1.54, 1.807) is 12.4 Å². The molecule has 92 valence electrons. The lowest BCUT2D eigenvalue weighted by Gasteiger charge is -2.41. The molecule has 2 rings (SSSR count). The number of aliphatic carboxylic acids is 1. The van der Waals surface area contributed by atoms with Crippen LogP contribution in [-0.2, 0) is 11.3 Å². The zero-order valence-corrected chi connectivity index (χ0v) is 10.1. The van der Waals surface area contributed by atoms with Gasteiger partial charge < -0.3 is 5.11 Å². The van der Waals surface area contributed by atoms with Crippen LogP contribution in [0.15, 0.2) is 24.5 Å². The van der Waals surface area contributed by atoms with Crippen LogP contribution in [0.25, 0.3) is 0 Å². The number of hydrogen-bond acceptors (Lipinski definition) is 3. The molecule has 17 heavy (non-hydrogen) atoms. The highest BCUT2D eigenvalue weighted by molar-refractivity contribution is 5.78. The summed E-state index contributed by atoms with van der Waals surface area (Å²) >= 11 is 0. The SMILES string of the molecule is CC1(C(=O)O)CCCCN1Cc1ccncc1. The van der Waals surface area contributed by atoms with Gasteiger partial charge in [-0.1, -0.05) is 0 Å². The Balaban J connectivity index is 2.15. The lowest BCUT2D eigenvalue weighted by molar-refractivity contribution is -0.153. The van der Waals surface area contributed by atoms with E-state index < -0.39 is 11.5 Å². The molecule has 1 fully saturated rings. The smallest absolute Gasteiger partial charge is 0.323 e. The summed E-state index contributed by atoms with van der Waals surface area (Å²) in [5.74, 6) is -0.716. The highest BCUT2D eigenvalue weighted by Gasteiger charge is 2.40. The summed E-state index contributed by atoms with van der Waals surface area (Å²) in [6, 6.07) is 3.88. The first-order chi connectivity index (χ1) is 8.13. The molecule has 1 atom stereocenters. The lowest BCUT2D eigenvalue weighted by Crippen LogP contribution is -2.54. The van der Waals surface area contributed by atoms with E-state index in [-0.39, 0.29) is 0 Å². The second kappa shape index (κ2) is 4.84. The number of hydrogen-bond donors (Lipinski definition) is 1. The summed E-state index contributed by atoms with van der Waals surface area (Å²) in [5.41, 5.74) is 0.399. The van der Waals surface area contributed by atoms with Crippen LogP contribution in [-0.4, -0.2) is 33.0 Å². The van der Waals surface area contributed by atoms with Crippen LogP contribution in [0.5, 0.6) is 0 Å². The minimum atomic E-state index is -0.721. The summed E-state index contributed by atoms with van der Waals surface area (Å²) in [4.78, 5) is 17.5. The van der Waals surface area contributed by atoms with Crippen molar-refractivity contribution >= 4 is 5.97 Å². The Labute approximate surface area is 101 Å². The summed E-state index contributed by atoms with van der Waals surface area (Å²) < 4.78 is 0. The van der Waals surface area contributed by atoms with Crippen molar-refractivity contribution in [3.63, 3.8) is 0 Å². The Bertz CT molecular complexity index is 394. The minimum absolute atomic E-state index is 0.686. The van der Waals surface area contributed by atoms with Crippen molar-refractivity contribution in [3.05, 3.63) is 30.1 Å². The molecule has 1 unspecified atom stereocenters. The van der Waals surface area contributed by atoms with Gasteiger partial charge in [0, 0.05) is 18.9 Å². The first kappa shape index (κ1) is 12.0. The Morgan fingerprint density at radius 1 is 1.47 bits per heavy atom. The first-order valence-corrected chi connectivity index (χ1v) is 6.00. The fourth-order valence-electron chi connectivity index (χ4n) is 2.38. The van der Waals surface area contributed by atoms with Crippen molar-refractivity contribution < 1.29 is 9.90 Å². The molecule has 1 aromatic heterocycles. The van der Waals surface area contributed by atoms with E-state index >= 15 is 0 Å². The van der Waals surface area contributed by atoms with Crippen molar-refractivity contribution in [3.8, 4) is 0 Å². The van der Waals surface area contributed by atoms with Crippen LogP contribution in [0.3, 0.4) is 0 Å². The van der Waals surface area contributed by atoms with Gasteiger partial charge in [-0.15, -0.1) is 0 Å². The number of aromatic nitrogens is 1. The van der Waals surface area contributed by atoms with Gasteiger partial charge >= 0.3 is 5.97 Å². The fourth-order valence-corrected chi connectivity index (χ4v) is 2.38. The van der Waals surface area contributed by atoms with Crippen molar-refractivity contribution in [2.45, 2.75) is 38.3 Å². The van der Waals surface area contributed by atoms with Gasteiger partial charge in [-0.3, -0.25) is 14.7 Å². The average molecular weight is 234 g/mol. The van der Waals surface area contributed by atoms with E-state index in [4.69, 9.17) is 0 Å². The van der Waals surface area contributed by atoms with Gasteiger partial charge in [-0.05, 0) is 50.4 Å². The molecule has 0 aromatic carbocycles. The van der Waals surface area contributed by atoms with Gasteiger partial charge in [-0.2, -0.15) is 0 Å². The third-order valence-corrected chi connectivity index (χ3v) is 3.62. The zero-order valence-electron chi connectivity index (χ0n) is 10.1. The van der Waals surface area contributed by atoms with Crippen molar-refractivity contribution in [1.82, 2.24) is 9.88 Å². The van der Waals surface area contributed by atoms with E-state index in [9.17, 15) is 9.90 Å². The maximum absolute atomic E-state index is 11.4. The third-order valence-electron chi connectivity index (χ3n) is 3.62. The van der Waals surface area contributed by atoms with Gasteiger partial charge in [0.05, 0.1) is 0 Å². The fraction of sp³-hybridized carbons (Fsp3) is 0.538. The molecule has 0 radical (unpaired) electrons. The average Bonchev–Trinajstić information content (AvgIpc) is 2.33. The number of carbonyl (C=O) groups is 1. The summed E-state index contributed by atoms with van der Waals surface area (Å²) in [7, 11) is 0. The predicted molar refractivity (Wildman–Crippen MR) is 64.5 cm³/mol. The second-order valence-corrected chi connectivity index (χ2v) is 4.81. The zero-order chi connectivity index (χ0) is 12.3. The van der Waals surface area contributed by atoms with Gasteiger partial charge in [-0.25, -0.2) is 0 Å². The van der Waals surface area contributed by atoms with Crippen LogP contribution in [0.2, 0.25) is 0 Å². The van der Waals surface area contributed by atoms with E-state index in [0.29, 0.717) is 6.54 Å². The summed E-state index contributed by atoms with van der Waals surface area (Å²) in [5, 5.41) is 9.39. The van der Waals surface area contributed by atoms with Gasteiger partial charge in [0.25, 0.3) is 0 Å². The number of carboxylic acid groups (broad SMARTS) is 1. The Kier molecular flexibility index (Phi) is 3.43. The molecular formula is C13H18N2O2. The summed E-state index contributed by atoms with van der Waals surface area (Å²) in [6.07, 6.45) is 6.30. The van der Waals surface area contributed by atoms with Gasteiger partial charge in [0.1, 0.15) is 5.54 Å². The number of pyridine rings is 1. The molecule has 0 bridgehead atoms. The Morgan fingerprint density at radius 3 is 2.82 bits per heavy atom. The number of likely N-dealkylation sites (tertiary alicyclic amines) is 1. The van der Waals surface area contributed by atoms with Crippen LogP contribution in [0, 0.1) is 0 Å². The third kappa shape index (κ3) is 2.47. The molecule has 0 saturated carbocycles. The largest absolute Gasteiger partial charge is 0.480 e. The Hall–Kier alpha value is -1.42. The standard InChI is InChI=1S/C13H18N2O2/c1-13(12(16)17)6-2-3-9-15(13)10-11-4-7-14-8-5-11/h4-5,7-8H,2-3,6,9-10H2,1H3,(H,16,17). The van der Waals surface area contributed by atoms with E-state index in [0.717, 1.165) is 31.4 Å². The van der Waals surface area contributed by atoms with Crippen LogP contribution in [0.4, 0.5) is 0 Å². The molecule has 4 heteroatoms. The molecule has 0 aliphatic carbocycles. The van der Waals surface area contributed by atoms with Crippen molar-refractivity contribution in [2.24, 2.45) is 0 Å². The van der Waals surface area contributed by atoms with E-state index in [1.165, 1.54) is 0 Å². The molecule has 1 aromatic rings. The summed E-state index contributed by atoms with van der Waals surface area (Å²) in [6.45, 7) is 3.37. The van der Waals surface area contributed by atoms with Crippen molar-refractivity contribution in [2.75, 3.05) is 6.54 Å². The monoisotopic (exact) mass is 234 g/mol. The Morgan fingerprint density at radius 2 is 2.18 bits per heavy atom.